The monoisotopic (exact) mass is 346 g/mol. The van der Waals surface area contributed by atoms with Crippen molar-refractivity contribution in [3.8, 4) is 0 Å². The molecule has 2 rings (SSSR count). The molecule has 1 aromatic rings. The lowest BCUT2D eigenvalue weighted by Crippen LogP contribution is -2.42. The van der Waals surface area contributed by atoms with Crippen molar-refractivity contribution in [1.82, 2.24) is 4.90 Å². The molecule has 1 unspecified atom stereocenters. The van der Waals surface area contributed by atoms with Gasteiger partial charge in [0.2, 0.25) is 0 Å². The lowest BCUT2D eigenvalue weighted by atomic mass is 9.90. The summed E-state index contributed by atoms with van der Waals surface area (Å²) < 4.78 is 0.865. The van der Waals surface area contributed by atoms with Gasteiger partial charge in [0.05, 0.1) is 5.56 Å². The van der Waals surface area contributed by atoms with Gasteiger partial charge in [-0.1, -0.05) is 12.1 Å². The van der Waals surface area contributed by atoms with Crippen LogP contribution in [0.2, 0.25) is 0 Å². The molecule has 0 radical (unpaired) electrons. The van der Waals surface area contributed by atoms with Crippen molar-refractivity contribution in [2.75, 3.05) is 13.1 Å². The lowest BCUT2D eigenvalue weighted by molar-refractivity contribution is 0.0680. The number of nitrogens with zero attached hydrogens (tertiary/aromatic N) is 1. The Morgan fingerprint density at radius 2 is 1.95 bits per heavy atom. The predicted molar refractivity (Wildman–Crippen MR) is 83.7 cm³/mol. The van der Waals surface area contributed by atoms with Crippen LogP contribution in [0, 0.1) is 5.92 Å². The molecule has 1 saturated heterocycles. The maximum atomic E-state index is 12.4. The van der Waals surface area contributed by atoms with Crippen molar-refractivity contribution >= 4 is 34.2 Å². The first-order valence-corrected chi connectivity index (χ1v) is 7.18. The Morgan fingerprint density at radius 3 is 2.47 bits per heavy atom. The van der Waals surface area contributed by atoms with Crippen LogP contribution in [0.4, 0.5) is 0 Å². The molecule has 0 aliphatic carbocycles. The standard InChI is InChI=1S/C14H19BrN2O.ClH/c1-10(16)11-6-8-17(9-7-11)14(18)12-4-2-3-5-13(12)15;/h2-5,10-11H,6-9,16H2,1H3;1H. The number of piperidine rings is 1. The summed E-state index contributed by atoms with van der Waals surface area (Å²) in [5, 5.41) is 0. The van der Waals surface area contributed by atoms with E-state index in [1.807, 2.05) is 29.2 Å². The number of hydrogen-bond acceptors (Lipinski definition) is 2. The average molecular weight is 348 g/mol. The Morgan fingerprint density at radius 1 is 1.37 bits per heavy atom. The summed E-state index contributed by atoms with van der Waals surface area (Å²) in [6, 6.07) is 7.81. The second-order valence-corrected chi connectivity index (χ2v) is 5.82. The van der Waals surface area contributed by atoms with E-state index in [0.29, 0.717) is 5.92 Å². The third kappa shape index (κ3) is 3.94. The van der Waals surface area contributed by atoms with Gasteiger partial charge in [-0.3, -0.25) is 4.79 Å². The summed E-state index contributed by atoms with van der Waals surface area (Å²) in [7, 11) is 0. The normalized spacial score (nSPS) is 17.7. The average Bonchev–Trinajstić information content (AvgIpc) is 2.38. The van der Waals surface area contributed by atoms with E-state index in [4.69, 9.17) is 5.73 Å². The fourth-order valence-corrected chi connectivity index (χ4v) is 2.89. The summed E-state index contributed by atoms with van der Waals surface area (Å²) in [4.78, 5) is 14.3. The van der Waals surface area contributed by atoms with Crippen molar-refractivity contribution in [2.24, 2.45) is 11.7 Å². The number of nitrogens with two attached hydrogens (primary N) is 1. The van der Waals surface area contributed by atoms with Crippen LogP contribution < -0.4 is 5.73 Å². The number of carbonyl (C=O) groups is 1. The Hall–Kier alpha value is -0.580. The first-order chi connectivity index (χ1) is 8.59. The largest absolute Gasteiger partial charge is 0.339 e. The molecule has 0 bridgehead atoms. The van der Waals surface area contributed by atoms with Crippen LogP contribution in [0.15, 0.2) is 28.7 Å². The van der Waals surface area contributed by atoms with Gasteiger partial charge < -0.3 is 10.6 Å². The Labute approximate surface area is 129 Å². The molecule has 0 saturated carbocycles. The van der Waals surface area contributed by atoms with Gasteiger partial charge in [-0.25, -0.2) is 0 Å². The molecule has 3 nitrogen and oxygen atoms in total. The van der Waals surface area contributed by atoms with Crippen LogP contribution in [-0.2, 0) is 0 Å². The molecule has 1 aromatic carbocycles. The van der Waals surface area contributed by atoms with Crippen molar-refractivity contribution < 1.29 is 4.79 Å². The predicted octanol–water partition coefficient (Wildman–Crippen LogP) is 3.07. The molecule has 5 heteroatoms. The van der Waals surface area contributed by atoms with E-state index in [1.54, 1.807) is 0 Å². The van der Waals surface area contributed by atoms with Gasteiger partial charge in [0.25, 0.3) is 5.91 Å². The van der Waals surface area contributed by atoms with E-state index in [2.05, 4.69) is 22.9 Å². The Balaban J connectivity index is 0.00000180. The third-order valence-corrected chi connectivity index (χ3v) is 4.37. The van der Waals surface area contributed by atoms with Gasteiger partial charge in [-0.15, -0.1) is 12.4 Å². The maximum Gasteiger partial charge on any atom is 0.254 e. The topological polar surface area (TPSA) is 46.3 Å². The highest BCUT2D eigenvalue weighted by Gasteiger charge is 2.26. The van der Waals surface area contributed by atoms with Gasteiger partial charge in [-0.05, 0) is 53.7 Å². The maximum absolute atomic E-state index is 12.4. The van der Waals surface area contributed by atoms with Crippen LogP contribution >= 0.6 is 28.3 Å². The summed E-state index contributed by atoms with van der Waals surface area (Å²) in [6.07, 6.45) is 2.02. The molecular formula is C14H20BrClN2O. The highest BCUT2D eigenvalue weighted by atomic mass is 79.9. The molecule has 1 atom stereocenters. The molecule has 1 fully saturated rings. The summed E-state index contributed by atoms with van der Waals surface area (Å²) in [6.45, 7) is 3.68. The van der Waals surface area contributed by atoms with Crippen LogP contribution in [0.25, 0.3) is 0 Å². The summed E-state index contributed by atoms with van der Waals surface area (Å²) in [5.74, 6) is 0.666. The number of likely N-dealkylation sites (tertiary alicyclic amines) is 1. The van der Waals surface area contributed by atoms with Gasteiger partial charge in [0.1, 0.15) is 0 Å². The van der Waals surface area contributed by atoms with Crippen molar-refractivity contribution in [1.29, 1.82) is 0 Å². The second kappa shape index (κ2) is 7.27. The SMILES string of the molecule is CC(N)C1CCN(C(=O)c2ccccc2Br)CC1.Cl. The van der Waals surface area contributed by atoms with E-state index in [-0.39, 0.29) is 24.4 Å². The van der Waals surface area contributed by atoms with E-state index in [0.717, 1.165) is 36.0 Å². The molecule has 0 spiro atoms. The van der Waals surface area contributed by atoms with E-state index < -0.39 is 0 Å². The summed E-state index contributed by atoms with van der Waals surface area (Å²) in [5.41, 5.74) is 6.66. The first-order valence-electron chi connectivity index (χ1n) is 6.39. The highest BCUT2D eigenvalue weighted by Crippen LogP contribution is 2.23. The minimum atomic E-state index is 0. The van der Waals surface area contributed by atoms with Gasteiger partial charge >= 0.3 is 0 Å². The molecule has 0 aromatic heterocycles. The number of benzene rings is 1. The number of amides is 1. The molecule has 19 heavy (non-hydrogen) atoms. The fourth-order valence-electron chi connectivity index (χ4n) is 2.43. The molecule has 1 aliphatic rings. The number of hydrogen-bond donors (Lipinski definition) is 1. The number of halogens is 2. The minimum absolute atomic E-state index is 0. The van der Waals surface area contributed by atoms with Crippen LogP contribution in [0.5, 0.6) is 0 Å². The molecule has 106 valence electrons. The Kier molecular flexibility index (Phi) is 6.30. The first kappa shape index (κ1) is 16.5. The van der Waals surface area contributed by atoms with E-state index in [1.165, 1.54) is 0 Å². The fraction of sp³-hybridized carbons (Fsp3) is 0.500. The smallest absolute Gasteiger partial charge is 0.254 e. The number of carbonyl (C=O) groups excluding carboxylic acids is 1. The number of rotatable bonds is 2. The third-order valence-electron chi connectivity index (χ3n) is 3.67. The van der Waals surface area contributed by atoms with Gasteiger partial charge in [0.15, 0.2) is 0 Å². The van der Waals surface area contributed by atoms with Crippen molar-refractivity contribution in [2.45, 2.75) is 25.8 Å². The zero-order valence-corrected chi connectivity index (χ0v) is 13.4. The van der Waals surface area contributed by atoms with Crippen LogP contribution in [-0.4, -0.2) is 29.9 Å². The molecule has 1 heterocycles. The lowest BCUT2D eigenvalue weighted by Gasteiger charge is -2.33. The van der Waals surface area contributed by atoms with Gasteiger partial charge in [-0.2, -0.15) is 0 Å². The van der Waals surface area contributed by atoms with Crippen molar-refractivity contribution in [3.63, 3.8) is 0 Å². The second-order valence-electron chi connectivity index (χ2n) is 4.97. The minimum Gasteiger partial charge on any atom is -0.339 e. The molecule has 2 N–H and O–H groups in total. The highest BCUT2D eigenvalue weighted by molar-refractivity contribution is 9.10. The van der Waals surface area contributed by atoms with Crippen LogP contribution in [0.1, 0.15) is 30.1 Å². The molecular weight excluding hydrogens is 328 g/mol. The van der Waals surface area contributed by atoms with Gasteiger partial charge in [0, 0.05) is 23.6 Å². The Bertz CT molecular complexity index is 431. The van der Waals surface area contributed by atoms with E-state index in [9.17, 15) is 4.79 Å². The molecule has 1 amide bonds. The van der Waals surface area contributed by atoms with Crippen LogP contribution in [0.3, 0.4) is 0 Å². The zero-order valence-electron chi connectivity index (χ0n) is 11.0. The summed E-state index contributed by atoms with van der Waals surface area (Å²) >= 11 is 3.43. The van der Waals surface area contributed by atoms with Crippen molar-refractivity contribution in [3.05, 3.63) is 34.3 Å². The quantitative estimate of drug-likeness (QED) is 0.893. The zero-order chi connectivity index (χ0) is 13.1. The van der Waals surface area contributed by atoms with E-state index >= 15 is 0 Å². The molecule has 1 aliphatic heterocycles.